The number of hydrogen-bond donors (Lipinski definition) is 3. The van der Waals surface area contributed by atoms with Gasteiger partial charge in [0.2, 0.25) is 17.7 Å². The van der Waals surface area contributed by atoms with Crippen LogP contribution in [0.4, 0.5) is 0 Å². The Balaban J connectivity index is 1.61. The molecule has 3 N–H and O–H groups in total. The van der Waals surface area contributed by atoms with E-state index in [2.05, 4.69) is 17.6 Å². The lowest BCUT2D eigenvalue weighted by Crippen LogP contribution is -2.56. The van der Waals surface area contributed by atoms with E-state index in [1.54, 1.807) is 16.7 Å². The van der Waals surface area contributed by atoms with Crippen LogP contribution in [-0.4, -0.2) is 63.5 Å². The summed E-state index contributed by atoms with van der Waals surface area (Å²) in [7, 11) is 0. The minimum Gasteiger partial charge on any atom is -0.396 e. The molecular weight excluding hydrogens is 450 g/mol. The first-order chi connectivity index (χ1) is 16.5. The number of amides is 3. The van der Waals surface area contributed by atoms with Gasteiger partial charge in [-0.15, -0.1) is 11.8 Å². The Morgan fingerprint density at radius 2 is 1.91 bits per heavy atom. The molecule has 186 valence electrons. The second-order valence-corrected chi connectivity index (χ2v) is 11.4. The second-order valence-electron chi connectivity index (χ2n) is 9.86. The third-order valence-electron chi connectivity index (χ3n) is 7.71. The van der Waals surface area contributed by atoms with Gasteiger partial charge in [-0.2, -0.15) is 0 Å². The lowest BCUT2D eigenvalue weighted by molar-refractivity contribution is -0.140. The molecule has 3 fully saturated rings. The van der Waals surface area contributed by atoms with Crippen LogP contribution in [0.25, 0.3) is 0 Å². The summed E-state index contributed by atoms with van der Waals surface area (Å²) in [6, 6.07) is 9.19. The SMILES string of the molecule is CCCNC(=O)[C@@H]1[C@@H]2CC(C)C3(S2)C(C(=O)NCc2ccccc2)N(CCCCCO)C(=O)[C@H]13. The molecule has 7 nitrogen and oxygen atoms in total. The van der Waals surface area contributed by atoms with Crippen molar-refractivity contribution in [3.8, 4) is 0 Å². The van der Waals surface area contributed by atoms with Crippen molar-refractivity contribution in [2.24, 2.45) is 17.8 Å². The highest BCUT2D eigenvalue weighted by Gasteiger charge is 2.75. The lowest BCUT2D eigenvalue weighted by Gasteiger charge is -2.38. The van der Waals surface area contributed by atoms with E-state index in [-0.39, 0.29) is 41.4 Å². The number of carbonyl (C=O) groups is 3. The monoisotopic (exact) mass is 487 g/mol. The van der Waals surface area contributed by atoms with Crippen molar-refractivity contribution in [2.45, 2.75) is 68.5 Å². The Morgan fingerprint density at radius 3 is 2.62 bits per heavy atom. The van der Waals surface area contributed by atoms with Gasteiger partial charge in [0.15, 0.2) is 0 Å². The molecule has 1 spiro atoms. The van der Waals surface area contributed by atoms with Crippen molar-refractivity contribution in [1.82, 2.24) is 15.5 Å². The number of aliphatic hydroxyl groups excluding tert-OH is 1. The Kier molecular flexibility index (Phi) is 7.87. The number of benzene rings is 1. The summed E-state index contributed by atoms with van der Waals surface area (Å²) in [6.45, 7) is 5.76. The maximum Gasteiger partial charge on any atom is 0.244 e. The van der Waals surface area contributed by atoms with Gasteiger partial charge in [0.05, 0.1) is 16.6 Å². The van der Waals surface area contributed by atoms with E-state index < -0.39 is 16.7 Å². The molecule has 3 aliphatic rings. The van der Waals surface area contributed by atoms with E-state index in [1.807, 2.05) is 37.3 Å². The van der Waals surface area contributed by atoms with Gasteiger partial charge in [-0.05, 0) is 43.6 Å². The zero-order chi connectivity index (χ0) is 24.3. The molecular formula is C26H37N3O4S. The standard InChI is InChI=1S/C26H37N3O4S/c1-3-12-27-23(31)20-19-15-17(2)26(34-19)21(20)25(33)29(13-8-5-9-14-30)22(26)24(32)28-16-18-10-6-4-7-11-18/h4,6-7,10-11,17,19-22,30H,3,5,8-9,12-16H2,1-2H3,(H,27,31)(H,28,32)/t17?,19-,20+,21-,22?,26?/m0/s1. The number of nitrogens with zero attached hydrogens (tertiary/aromatic N) is 1. The van der Waals surface area contributed by atoms with Crippen molar-refractivity contribution < 1.29 is 19.5 Å². The quantitative estimate of drug-likeness (QED) is 0.416. The molecule has 1 aromatic carbocycles. The van der Waals surface area contributed by atoms with Crippen LogP contribution in [0.15, 0.2) is 30.3 Å². The number of likely N-dealkylation sites (tertiary alicyclic amines) is 1. The smallest absolute Gasteiger partial charge is 0.244 e. The summed E-state index contributed by atoms with van der Waals surface area (Å²) in [5, 5.41) is 15.3. The molecule has 0 saturated carbocycles. The third-order valence-corrected chi connectivity index (χ3v) is 9.79. The van der Waals surface area contributed by atoms with Gasteiger partial charge in [0, 0.05) is 31.5 Å². The fourth-order valence-electron chi connectivity index (χ4n) is 6.18. The van der Waals surface area contributed by atoms with Gasteiger partial charge in [-0.3, -0.25) is 14.4 Å². The third kappa shape index (κ3) is 4.35. The number of hydrogen-bond acceptors (Lipinski definition) is 5. The zero-order valence-corrected chi connectivity index (χ0v) is 21.0. The van der Waals surface area contributed by atoms with E-state index in [0.29, 0.717) is 26.1 Å². The molecule has 0 radical (unpaired) electrons. The molecule has 3 unspecified atom stereocenters. The van der Waals surface area contributed by atoms with Gasteiger partial charge in [0.1, 0.15) is 6.04 Å². The summed E-state index contributed by atoms with van der Waals surface area (Å²) in [5.74, 6) is -0.905. The molecule has 34 heavy (non-hydrogen) atoms. The van der Waals surface area contributed by atoms with Crippen LogP contribution in [-0.2, 0) is 20.9 Å². The fraction of sp³-hybridized carbons (Fsp3) is 0.654. The topological polar surface area (TPSA) is 98.7 Å². The van der Waals surface area contributed by atoms with Crippen molar-refractivity contribution in [3.05, 3.63) is 35.9 Å². The van der Waals surface area contributed by atoms with Crippen molar-refractivity contribution >= 4 is 29.5 Å². The van der Waals surface area contributed by atoms with Gasteiger partial charge in [-0.1, -0.05) is 44.2 Å². The largest absolute Gasteiger partial charge is 0.396 e. The first-order valence-electron chi connectivity index (χ1n) is 12.6. The molecule has 6 atom stereocenters. The number of nitrogens with one attached hydrogen (secondary N) is 2. The molecule has 0 aromatic heterocycles. The summed E-state index contributed by atoms with van der Waals surface area (Å²) in [5.41, 5.74) is 1.01. The van der Waals surface area contributed by atoms with Crippen LogP contribution < -0.4 is 10.6 Å². The molecule has 0 aliphatic carbocycles. The molecule has 3 aliphatic heterocycles. The molecule has 8 heteroatoms. The molecule has 2 bridgehead atoms. The Bertz CT molecular complexity index is 897. The number of unbranched alkanes of at least 4 members (excludes halogenated alkanes) is 2. The maximum atomic E-state index is 13.9. The zero-order valence-electron chi connectivity index (χ0n) is 20.2. The number of rotatable bonds is 11. The summed E-state index contributed by atoms with van der Waals surface area (Å²) < 4.78 is -0.576. The first-order valence-corrected chi connectivity index (χ1v) is 13.5. The van der Waals surface area contributed by atoms with E-state index in [9.17, 15) is 14.4 Å². The predicted octanol–water partition coefficient (Wildman–Crippen LogP) is 2.33. The van der Waals surface area contributed by atoms with Crippen molar-refractivity contribution in [3.63, 3.8) is 0 Å². The molecule has 3 heterocycles. The van der Waals surface area contributed by atoms with Crippen LogP contribution in [0.3, 0.4) is 0 Å². The molecule has 1 aromatic rings. The van der Waals surface area contributed by atoms with Crippen LogP contribution in [0, 0.1) is 17.8 Å². The summed E-state index contributed by atoms with van der Waals surface area (Å²) in [6.07, 6.45) is 3.89. The van der Waals surface area contributed by atoms with Crippen molar-refractivity contribution in [1.29, 1.82) is 0 Å². The first kappa shape index (κ1) is 25.0. The van der Waals surface area contributed by atoms with E-state index in [1.165, 1.54) is 0 Å². The highest BCUT2D eigenvalue weighted by atomic mass is 32.2. The number of fused-ring (bicyclic) bond motifs is 1. The van der Waals surface area contributed by atoms with E-state index >= 15 is 0 Å². The Labute approximate surface area is 206 Å². The molecule has 3 saturated heterocycles. The Hall–Kier alpha value is -2.06. The van der Waals surface area contributed by atoms with Gasteiger partial charge in [0.25, 0.3) is 0 Å². The van der Waals surface area contributed by atoms with E-state index in [4.69, 9.17) is 5.11 Å². The molecule has 3 amide bonds. The van der Waals surface area contributed by atoms with E-state index in [0.717, 1.165) is 31.2 Å². The van der Waals surface area contributed by atoms with Crippen LogP contribution in [0.5, 0.6) is 0 Å². The summed E-state index contributed by atoms with van der Waals surface area (Å²) in [4.78, 5) is 42.5. The highest BCUT2D eigenvalue weighted by Crippen LogP contribution is 2.68. The number of aliphatic hydroxyl groups is 1. The van der Waals surface area contributed by atoms with Crippen molar-refractivity contribution in [2.75, 3.05) is 19.7 Å². The number of thioether (sulfide) groups is 1. The van der Waals surface area contributed by atoms with Crippen LogP contribution >= 0.6 is 11.8 Å². The summed E-state index contributed by atoms with van der Waals surface area (Å²) >= 11 is 1.71. The highest BCUT2D eigenvalue weighted by molar-refractivity contribution is 8.02. The predicted molar refractivity (Wildman–Crippen MR) is 133 cm³/mol. The number of carbonyl (C=O) groups excluding carboxylic acids is 3. The van der Waals surface area contributed by atoms with Gasteiger partial charge >= 0.3 is 0 Å². The average Bonchev–Trinajstić information content (AvgIpc) is 3.43. The maximum absolute atomic E-state index is 13.9. The average molecular weight is 488 g/mol. The molecule has 4 rings (SSSR count). The minimum atomic E-state index is -0.586. The van der Waals surface area contributed by atoms with Crippen LogP contribution in [0.1, 0.15) is 51.5 Å². The minimum absolute atomic E-state index is 0.0444. The van der Waals surface area contributed by atoms with Gasteiger partial charge in [-0.25, -0.2) is 0 Å². The van der Waals surface area contributed by atoms with Crippen LogP contribution in [0.2, 0.25) is 0 Å². The fourth-order valence-corrected chi connectivity index (χ4v) is 8.60. The lowest BCUT2D eigenvalue weighted by atomic mass is 9.66. The van der Waals surface area contributed by atoms with Gasteiger partial charge < -0.3 is 20.6 Å². The normalized spacial score (nSPS) is 31.6. The Morgan fingerprint density at radius 1 is 1.15 bits per heavy atom. The second kappa shape index (κ2) is 10.7.